The van der Waals surface area contributed by atoms with E-state index in [0.717, 1.165) is 10.5 Å². The lowest BCUT2D eigenvalue weighted by Crippen LogP contribution is -2.44. The number of nitrogens with zero attached hydrogens (tertiary/aromatic N) is 2. The zero-order chi connectivity index (χ0) is 15.6. The van der Waals surface area contributed by atoms with Gasteiger partial charge in [0.25, 0.3) is 5.91 Å². The minimum absolute atomic E-state index is 0.317. The Hall–Kier alpha value is -2.38. The van der Waals surface area contributed by atoms with E-state index in [4.69, 9.17) is 0 Å². The van der Waals surface area contributed by atoms with E-state index in [-0.39, 0.29) is 12.5 Å². The number of rotatable bonds is 5. The molecular weight excluding hydrogens is 274 g/mol. The average Bonchev–Trinajstić information content (AvgIpc) is 2.97. The number of carbonyl (C=O) groups excluding carboxylic acids is 3. The molecule has 1 aliphatic heterocycles. The van der Waals surface area contributed by atoms with Gasteiger partial charge in [-0.1, -0.05) is 13.8 Å². The first kappa shape index (κ1) is 15.0. The number of imide groups is 1. The summed E-state index contributed by atoms with van der Waals surface area (Å²) in [6, 6.07) is -0.542. The molecule has 21 heavy (non-hydrogen) atoms. The first-order valence-electron chi connectivity index (χ1n) is 6.87. The van der Waals surface area contributed by atoms with Crippen LogP contribution in [-0.4, -0.2) is 45.0 Å². The molecule has 0 bridgehead atoms. The standard InChI is InChI=1S/C13H19N5O3/c1-4-8-6-14-17-10(8)15-9(19)7-18-11(20)13(3,5-2)16-12(18)21/h6H,4-5,7H2,1-3H3,(H,16,21)(H2,14,15,17,19). The van der Waals surface area contributed by atoms with E-state index in [9.17, 15) is 14.4 Å². The number of aromatic amines is 1. The number of aryl methyl sites for hydroxylation is 1. The quantitative estimate of drug-likeness (QED) is 0.692. The second-order valence-electron chi connectivity index (χ2n) is 5.18. The lowest BCUT2D eigenvalue weighted by Gasteiger charge is -2.19. The Bertz CT molecular complexity index is 582. The molecule has 0 aromatic carbocycles. The fourth-order valence-corrected chi connectivity index (χ4v) is 2.14. The van der Waals surface area contributed by atoms with Gasteiger partial charge in [0.05, 0.1) is 6.20 Å². The van der Waals surface area contributed by atoms with Crippen LogP contribution in [0.5, 0.6) is 0 Å². The topological polar surface area (TPSA) is 107 Å². The van der Waals surface area contributed by atoms with Crippen molar-refractivity contribution < 1.29 is 14.4 Å². The maximum absolute atomic E-state index is 12.2. The van der Waals surface area contributed by atoms with Crippen LogP contribution in [0.3, 0.4) is 0 Å². The molecule has 1 aromatic rings. The highest BCUT2D eigenvalue weighted by molar-refractivity contribution is 6.09. The minimum atomic E-state index is -0.931. The van der Waals surface area contributed by atoms with Crippen LogP contribution < -0.4 is 10.6 Å². The summed E-state index contributed by atoms with van der Waals surface area (Å²) in [5.74, 6) is -0.337. The first-order valence-corrected chi connectivity index (χ1v) is 6.87. The van der Waals surface area contributed by atoms with Crippen molar-refractivity contribution in [1.82, 2.24) is 20.4 Å². The lowest BCUT2D eigenvalue weighted by molar-refractivity contribution is -0.133. The molecule has 1 aliphatic rings. The van der Waals surface area contributed by atoms with Gasteiger partial charge >= 0.3 is 6.03 Å². The molecule has 8 heteroatoms. The molecule has 1 saturated heterocycles. The van der Waals surface area contributed by atoms with Crippen molar-refractivity contribution in [3.8, 4) is 0 Å². The Morgan fingerprint density at radius 1 is 1.43 bits per heavy atom. The number of hydrogen-bond acceptors (Lipinski definition) is 4. The van der Waals surface area contributed by atoms with Gasteiger partial charge in [-0.3, -0.25) is 19.6 Å². The lowest BCUT2D eigenvalue weighted by atomic mass is 9.99. The number of hydrogen-bond donors (Lipinski definition) is 3. The summed E-state index contributed by atoms with van der Waals surface area (Å²) in [6.45, 7) is 5.07. The molecule has 0 saturated carbocycles. The van der Waals surface area contributed by atoms with Crippen molar-refractivity contribution in [1.29, 1.82) is 0 Å². The van der Waals surface area contributed by atoms with Gasteiger partial charge in [0.1, 0.15) is 17.9 Å². The smallest absolute Gasteiger partial charge is 0.323 e. The molecule has 114 valence electrons. The Balaban J connectivity index is 2.03. The molecule has 3 N–H and O–H groups in total. The molecule has 0 radical (unpaired) electrons. The van der Waals surface area contributed by atoms with Crippen molar-refractivity contribution >= 4 is 23.7 Å². The van der Waals surface area contributed by atoms with Crippen molar-refractivity contribution in [2.75, 3.05) is 11.9 Å². The van der Waals surface area contributed by atoms with E-state index < -0.39 is 17.5 Å². The molecule has 1 fully saturated rings. The van der Waals surface area contributed by atoms with Gasteiger partial charge < -0.3 is 10.6 Å². The maximum Gasteiger partial charge on any atom is 0.325 e. The summed E-state index contributed by atoms with van der Waals surface area (Å²) in [5, 5.41) is 11.7. The number of carbonyl (C=O) groups is 3. The third-order valence-corrected chi connectivity index (χ3v) is 3.72. The van der Waals surface area contributed by atoms with Gasteiger partial charge in [-0.15, -0.1) is 0 Å². The van der Waals surface area contributed by atoms with E-state index in [1.807, 2.05) is 6.92 Å². The van der Waals surface area contributed by atoms with Gasteiger partial charge in [-0.25, -0.2) is 4.79 Å². The average molecular weight is 293 g/mol. The summed E-state index contributed by atoms with van der Waals surface area (Å²) in [4.78, 5) is 36.9. The number of H-pyrrole nitrogens is 1. The first-order chi connectivity index (χ1) is 9.91. The van der Waals surface area contributed by atoms with Crippen molar-refractivity contribution in [2.24, 2.45) is 0 Å². The summed E-state index contributed by atoms with van der Waals surface area (Å²) < 4.78 is 0. The zero-order valence-corrected chi connectivity index (χ0v) is 12.3. The normalized spacial score (nSPS) is 21.6. The van der Waals surface area contributed by atoms with E-state index in [1.165, 1.54) is 0 Å². The van der Waals surface area contributed by atoms with Crippen molar-refractivity contribution in [2.45, 2.75) is 39.2 Å². The van der Waals surface area contributed by atoms with E-state index >= 15 is 0 Å². The van der Waals surface area contributed by atoms with Gasteiger partial charge in [0, 0.05) is 5.56 Å². The van der Waals surface area contributed by atoms with Crippen LogP contribution in [0.25, 0.3) is 0 Å². The molecule has 0 spiro atoms. The fourth-order valence-electron chi connectivity index (χ4n) is 2.14. The maximum atomic E-state index is 12.2. The van der Waals surface area contributed by atoms with Gasteiger partial charge in [-0.05, 0) is 19.8 Å². The van der Waals surface area contributed by atoms with Crippen LogP contribution in [-0.2, 0) is 16.0 Å². The van der Waals surface area contributed by atoms with Crippen LogP contribution in [0.15, 0.2) is 6.20 Å². The molecule has 4 amide bonds. The number of aromatic nitrogens is 2. The molecule has 1 aromatic heterocycles. The molecule has 0 aliphatic carbocycles. The minimum Gasteiger partial charge on any atom is -0.323 e. The summed E-state index contributed by atoms with van der Waals surface area (Å²) in [7, 11) is 0. The molecule has 1 unspecified atom stereocenters. The molecular formula is C13H19N5O3. The molecule has 1 atom stereocenters. The zero-order valence-electron chi connectivity index (χ0n) is 12.3. The van der Waals surface area contributed by atoms with Crippen LogP contribution in [0.4, 0.5) is 10.6 Å². The third-order valence-electron chi connectivity index (χ3n) is 3.72. The van der Waals surface area contributed by atoms with E-state index in [2.05, 4.69) is 20.8 Å². The number of nitrogens with one attached hydrogen (secondary N) is 3. The van der Waals surface area contributed by atoms with Crippen molar-refractivity contribution in [3.05, 3.63) is 11.8 Å². The van der Waals surface area contributed by atoms with E-state index in [0.29, 0.717) is 18.7 Å². The Morgan fingerprint density at radius 2 is 2.14 bits per heavy atom. The van der Waals surface area contributed by atoms with Crippen LogP contribution >= 0.6 is 0 Å². The predicted molar refractivity (Wildman–Crippen MR) is 75.5 cm³/mol. The highest BCUT2D eigenvalue weighted by Gasteiger charge is 2.46. The number of urea groups is 1. The van der Waals surface area contributed by atoms with Gasteiger partial charge in [-0.2, -0.15) is 5.10 Å². The largest absolute Gasteiger partial charge is 0.325 e. The Labute approximate surface area is 122 Å². The van der Waals surface area contributed by atoms with Gasteiger partial charge in [0.2, 0.25) is 5.91 Å². The van der Waals surface area contributed by atoms with Crippen LogP contribution in [0, 0.1) is 0 Å². The van der Waals surface area contributed by atoms with Gasteiger partial charge in [0.15, 0.2) is 0 Å². The second kappa shape index (κ2) is 5.55. The summed E-state index contributed by atoms with van der Waals surface area (Å²) in [6.07, 6.45) is 2.80. The van der Waals surface area contributed by atoms with Crippen LogP contribution in [0.1, 0.15) is 32.8 Å². The predicted octanol–water partition coefficient (Wildman–Crippen LogP) is 0.631. The fraction of sp³-hybridized carbons (Fsp3) is 0.538. The highest BCUT2D eigenvalue weighted by atomic mass is 16.2. The molecule has 2 rings (SSSR count). The molecule has 2 heterocycles. The van der Waals surface area contributed by atoms with E-state index in [1.54, 1.807) is 20.0 Å². The molecule has 8 nitrogen and oxygen atoms in total. The summed E-state index contributed by atoms with van der Waals surface area (Å²) in [5.41, 5.74) is -0.0705. The van der Waals surface area contributed by atoms with Crippen molar-refractivity contribution in [3.63, 3.8) is 0 Å². The highest BCUT2D eigenvalue weighted by Crippen LogP contribution is 2.20. The Kier molecular flexibility index (Phi) is 3.97. The number of anilines is 1. The third kappa shape index (κ3) is 2.74. The monoisotopic (exact) mass is 293 g/mol. The SMILES string of the molecule is CCc1cn[nH]c1NC(=O)CN1C(=O)NC(C)(CC)C1=O. The van der Waals surface area contributed by atoms with Crippen LogP contribution in [0.2, 0.25) is 0 Å². The summed E-state index contributed by atoms with van der Waals surface area (Å²) >= 11 is 0. The number of amides is 4. The second-order valence-corrected chi connectivity index (χ2v) is 5.18. The Morgan fingerprint density at radius 3 is 2.71 bits per heavy atom.